The number of ether oxygens (including phenoxy) is 1. The standard InChI is InChI=1S/C14H17Cl2NO/c1-8(9-2-4-11(15)12(16)6-9)17-13-7-10-3-5-14(13)18-10/h2,4,6,8,10,13-14,17H,3,5,7H2,1H3. The van der Waals surface area contributed by atoms with Crippen molar-refractivity contribution in [2.75, 3.05) is 0 Å². The molecule has 2 aliphatic heterocycles. The Morgan fingerprint density at radius 3 is 2.72 bits per heavy atom. The number of fused-ring (bicyclic) bond motifs is 2. The predicted octanol–water partition coefficient (Wildman–Crippen LogP) is 3.96. The first kappa shape index (κ1) is 12.7. The van der Waals surface area contributed by atoms with Crippen LogP contribution in [0.2, 0.25) is 10.0 Å². The second-order valence-electron chi connectivity index (χ2n) is 5.28. The lowest BCUT2D eigenvalue weighted by atomic mass is 9.94. The lowest BCUT2D eigenvalue weighted by Crippen LogP contribution is -2.38. The Hall–Kier alpha value is -0.280. The summed E-state index contributed by atoms with van der Waals surface area (Å²) >= 11 is 12.0. The smallest absolute Gasteiger partial charge is 0.0733 e. The summed E-state index contributed by atoms with van der Waals surface area (Å²) in [4.78, 5) is 0. The number of rotatable bonds is 3. The first-order valence-corrected chi connectivity index (χ1v) is 7.25. The highest BCUT2D eigenvalue weighted by atomic mass is 35.5. The van der Waals surface area contributed by atoms with Crippen molar-refractivity contribution in [2.24, 2.45) is 0 Å². The molecular weight excluding hydrogens is 269 g/mol. The third-order valence-corrected chi connectivity index (χ3v) is 4.75. The molecule has 1 aromatic rings. The van der Waals surface area contributed by atoms with Crippen molar-refractivity contribution in [1.82, 2.24) is 5.32 Å². The number of hydrogen-bond donors (Lipinski definition) is 1. The summed E-state index contributed by atoms with van der Waals surface area (Å²) in [5.74, 6) is 0. The zero-order valence-electron chi connectivity index (χ0n) is 10.3. The summed E-state index contributed by atoms with van der Waals surface area (Å²) in [7, 11) is 0. The average Bonchev–Trinajstić information content (AvgIpc) is 2.94. The predicted molar refractivity (Wildman–Crippen MR) is 74.3 cm³/mol. The van der Waals surface area contributed by atoms with E-state index in [9.17, 15) is 0 Å². The molecule has 98 valence electrons. The van der Waals surface area contributed by atoms with Crippen LogP contribution in [-0.4, -0.2) is 18.2 Å². The summed E-state index contributed by atoms with van der Waals surface area (Å²) < 4.78 is 5.85. The van der Waals surface area contributed by atoms with Gasteiger partial charge in [-0.15, -0.1) is 0 Å². The van der Waals surface area contributed by atoms with Gasteiger partial charge in [0.1, 0.15) is 0 Å². The van der Waals surface area contributed by atoms with E-state index < -0.39 is 0 Å². The van der Waals surface area contributed by atoms with E-state index in [2.05, 4.69) is 12.2 Å². The van der Waals surface area contributed by atoms with Crippen LogP contribution in [0.1, 0.15) is 37.8 Å². The molecule has 0 amide bonds. The molecular formula is C14H17Cl2NO. The maximum Gasteiger partial charge on any atom is 0.0733 e. The SMILES string of the molecule is CC(NC1CC2CCC1O2)c1ccc(Cl)c(Cl)c1. The summed E-state index contributed by atoms with van der Waals surface area (Å²) in [5.41, 5.74) is 1.17. The Balaban J connectivity index is 1.67. The van der Waals surface area contributed by atoms with Gasteiger partial charge in [-0.25, -0.2) is 0 Å². The minimum absolute atomic E-state index is 0.271. The number of hydrogen-bond acceptors (Lipinski definition) is 2. The Morgan fingerprint density at radius 2 is 2.11 bits per heavy atom. The van der Waals surface area contributed by atoms with Crippen molar-refractivity contribution in [2.45, 2.75) is 50.5 Å². The van der Waals surface area contributed by atoms with Crippen molar-refractivity contribution in [3.8, 4) is 0 Å². The van der Waals surface area contributed by atoms with Crippen molar-refractivity contribution >= 4 is 23.2 Å². The highest BCUT2D eigenvalue weighted by Crippen LogP contribution is 2.35. The Kier molecular flexibility index (Phi) is 3.55. The maximum absolute atomic E-state index is 6.05. The van der Waals surface area contributed by atoms with E-state index in [-0.39, 0.29) is 6.04 Å². The number of halogens is 2. The van der Waals surface area contributed by atoms with Crippen molar-refractivity contribution in [3.05, 3.63) is 33.8 Å². The number of nitrogens with one attached hydrogen (secondary N) is 1. The monoisotopic (exact) mass is 285 g/mol. The van der Waals surface area contributed by atoms with E-state index in [1.54, 1.807) is 0 Å². The number of benzene rings is 1. The third kappa shape index (κ3) is 2.39. The van der Waals surface area contributed by atoms with Crippen molar-refractivity contribution in [1.29, 1.82) is 0 Å². The van der Waals surface area contributed by atoms with Gasteiger partial charge in [-0.05, 0) is 43.9 Å². The van der Waals surface area contributed by atoms with Crippen LogP contribution in [0.15, 0.2) is 18.2 Å². The molecule has 0 aromatic heterocycles. The molecule has 2 aliphatic rings. The summed E-state index contributed by atoms with van der Waals surface area (Å²) in [6.45, 7) is 2.16. The fraction of sp³-hybridized carbons (Fsp3) is 0.571. The summed E-state index contributed by atoms with van der Waals surface area (Å²) in [6, 6.07) is 6.57. The van der Waals surface area contributed by atoms with Gasteiger partial charge in [0.15, 0.2) is 0 Å². The molecule has 0 spiro atoms. The fourth-order valence-corrected chi connectivity index (χ4v) is 3.32. The van der Waals surface area contributed by atoms with E-state index in [4.69, 9.17) is 27.9 Å². The molecule has 0 radical (unpaired) electrons. The molecule has 3 rings (SSSR count). The van der Waals surface area contributed by atoms with Gasteiger partial charge >= 0.3 is 0 Å². The van der Waals surface area contributed by atoms with E-state index in [1.165, 1.54) is 18.4 Å². The van der Waals surface area contributed by atoms with Gasteiger partial charge in [0.2, 0.25) is 0 Å². The molecule has 1 aromatic carbocycles. The second-order valence-corrected chi connectivity index (χ2v) is 6.09. The van der Waals surface area contributed by atoms with E-state index in [1.807, 2.05) is 18.2 Å². The topological polar surface area (TPSA) is 21.3 Å². The van der Waals surface area contributed by atoms with Gasteiger partial charge < -0.3 is 10.1 Å². The molecule has 2 fully saturated rings. The third-order valence-electron chi connectivity index (χ3n) is 4.01. The molecule has 0 aliphatic carbocycles. The minimum atomic E-state index is 0.271. The van der Waals surface area contributed by atoms with E-state index in [0.717, 1.165) is 6.42 Å². The molecule has 4 unspecified atom stereocenters. The zero-order valence-corrected chi connectivity index (χ0v) is 11.8. The van der Waals surface area contributed by atoms with Crippen molar-refractivity contribution in [3.63, 3.8) is 0 Å². The molecule has 1 N–H and O–H groups in total. The largest absolute Gasteiger partial charge is 0.373 e. The molecule has 2 bridgehead atoms. The van der Waals surface area contributed by atoms with Crippen molar-refractivity contribution < 1.29 is 4.74 Å². The van der Waals surface area contributed by atoms with Gasteiger partial charge in [0.25, 0.3) is 0 Å². The molecule has 18 heavy (non-hydrogen) atoms. The second kappa shape index (κ2) is 5.01. The first-order valence-electron chi connectivity index (χ1n) is 6.50. The van der Waals surface area contributed by atoms with Gasteiger partial charge in [-0.1, -0.05) is 29.3 Å². The van der Waals surface area contributed by atoms with Gasteiger partial charge in [-0.3, -0.25) is 0 Å². The van der Waals surface area contributed by atoms with E-state index >= 15 is 0 Å². The molecule has 2 nitrogen and oxygen atoms in total. The molecule has 2 saturated heterocycles. The van der Waals surface area contributed by atoms with Crippen LogP contribution in [0, 0.1) is 0 Å². The molecule has 4 atom stereocenters. The lowest BCUT2D eigenvalue weighted by molar-refractivity contribution is 0.0962. The highest BCUT2D eigenvalue weighted by Gasteiger charge is 2.40. The van der Waals surface area contributed by atoms with Crippen LogP contribution < -0.4 is 5.32 Å². The van der Waals surface area contributed by atoms with Crippen LogP contribution in [0.4, 0.5) is 0 Å². The normalized spacial score (nSPS) is 31.8. The highest BCUT2D eigenvalue weighted by molar-refractivity contribution is 6.42. The van der Waals surface area contributed by atoms with Gasteiger partial charge in [0, 0.05) is 12.1 Å². The Morgan fingerprint density at radius 1 is 1.28 bits per heavy atom. The Bertz CT molecular complexity index is 451. The zero-order chi connectivity index (χ0) is 12.7. The summed E-state index contributed by atoms with van der Waals surface area (Å²) in [5, 5.41) is 4.87. The van der Waals surface area contributed by atoms with Crippen LogP contribution in [0.5, 0.6) is 0 Å². The Labute approximate surface area is 118 Å². The minimum Gasteiger partial charge on any atom is -0.373 e. The van der Waals surface area contributed by atoms with Gasteiger partial charge in [-0.2, -0.15) is 0 Å². The van der Waals surface area contributed by atoms with Crippen LogP contribution >= 0.6 is 23.2 Å². The first-order chi connectivity index (χ1) is 8.63. The summed E-state index contributed by atoms with van der Waals surface area (Å²) in [6.07, 6.45) is 4.44. The van der Waals surface area contributed by atoms with Crippen LogP contribution in [-0.2, 0) is 4.74 Å². The molecule has 4 heteroatoms. The fourth-order valence-electron chi connectivity index (χ4n) is 3.01. The average molecular weight is 286 g/mol. The quantitative estimate of drug-likeness (QED) is 0.908. The molecule has 0 saturated carbocycles. The van der Waals surface area contributed by atoms with Crippen LogP contribution in [0.3, 0.4) is 0 Å². The molecule has 2 heterocycles. The van der Waals surface area contributed by atoms with E-state index in [0.29, 0.717) is 28.3 Å². The van der Waals surface area contributed by atoms with Crippen LogP contribution in [0.25, 0.3) is 0 Å². The lowest BCUT2D eigenvalue weighted by Gasteiger charge is -2.25. The maximum atomic E-state index is 6.05. The van der Waals surface area contributed by atoms with Gasteiger partial charge in [0.05, 0.1) is 22.3 Å².